The van der Waals surface area contributed by atoms with Gasteiger partial charge in [-0.2, -0.15) is 0 Å². The smallest absolute Gasteiger partial charge is 0.0873 e. The lowest BCUT2D eigenvalue weighted by Gasteiger charge is -2.45. The second-order valence-corrected chi connectivity index (χ2v) is 6.44. The fourth-order valence-electron chi connectivity index (χ4n) is 3.75. The molecule has 0 heterocycles. The summed E-state index contributed by atoms with van der Waals surface area (Å²) in [5.41, 5.74) is 1.03. The predicted octanol–water partition coefficient (Wildman–Crippen LogP) is 5.17. The first-order valence-corrected chi connectivity index (χ1v) is 7.20. The van der Waals surface area contributed by atoms with Crippen LogP contribution >= 0.6 is 0 Å². The Kier molecular flexibility index (Phi) is 5.09. The molecule has 0 aliphatic heterocycles. The summed E-state index contributed by atoms with van der Waals surface area (Å²) in [6.07, 6.45) is 9.52. The van der Waals surface area contributed by atoms with Crippen molar-refractivity contribution >= 4 is 0 Å². The molecule has 1 heteroatoms. The Morgan fingerprint density at radius 1 is 1.29 bits per heavy atom. The van der Waals surface area contributed by atoms with E-state index in [0.717, 1.165) is 18.9 Å². The molecule has 0 aromatic heterocycles. The molecule has 1 rings (SSSR count). The van der Waals surface area contributed by atoms with Gasteiger partial charge in [0.1, 0.15) is 0 Å². The van der Waals surface area contributed by atoms with Gasteiger partial charge in [0.25, 0.3) is 0 Å². The third-order valence-corrected chi connectivity index (χ3v) is 5.37. The van der Waals surface area contributed by atoms with Crippen molar-refractivity contribution in [1.82, 2.24) is 0 Å². The maximum atomic E-state index is 5.24. The molecule has 0 spiro atoms. The molecule has 2 unspecified atom stereocenters. The number of ether oxygens (including phenoxy) is 1. The van der Waals surface area contributed by atoms with Crippen LogP contribution in [0.25, 0.3) is 0 Å². The summed E-state index contributed by atoms with van der Waals surface area (Å²) in [4.78, 5) is 0. The highest BCUT2D eigenvalue weighted by atomic mass is 16.5. The van der Waals surface area contributed by atoms with E-state index in [9.17, 15) is 0 Å². The van der Waals surface area contributed by atoms with Gasteiger partial charge in [-0.05, 0) is 42.4 Å². The molecule has 0 N–H and O–H groups in total. The molecule has 1 nitrogen and oxygen atoms in total. The maximum absolute atomic E-state index is 5.24. The van der Waals surface area contributed by atoms with Gasteiger partial charge in [0.2, 0.25) is 0 Å². The molecule has 17 heavy (non-hydrogen) atoms. The minimum absolute atomic E-state index is 0.507. The zero-order valence-electron chi connectivity index (χ0n) is 12.2. The van der Waals surface area contributed by atoms with Gasteiger partial charge in [0, 0.05) is 0 Å². The Bertz CT molecular complexity index is 244. The standard InChI is InChI=1S/C16H30O/c1-6-14(10-8-13-17-7-2)16(5)12-9-11-15(16,3)4/h7,14H,2,6,8-13H2,1,3-5H3. The molecule has 2 atom stereocenters. The van der Waals surface area contributed by atoms with Crippen LogP contribution in [0.3, 0.4) is 0 Å². The minimum Gasteiger partial charge on any atom is -0.502 e. The van der Waals surface area contributed by atoms with Gasteiger partial charge in [-0.1, -0.05) is 47.1 Å². The Hall–Kier alpha value is -0.460. The van der Waals surface area contributed by atoms with Crippen LogP contribution in [0.4, 0.5) is 0 Å². The first-order valence-electron chi connectivity index (χ1n) is 7.20. The average Bonchev–Trinajstić information content (AvgIpc) is 2.54. The first kappa shape index (κ1) is 14.6. The van der Waals surface area contributed by atoms with Gasteiger partial charge in [0.05, 0.1) is 12.9 Å². The average molecular weight is 238 g/mol. The van der Waals surface area contributed by atoms with Crippen LogP contribution in [0.15, 0.2) is 12.8 Å². The van der Waals surface area contributed by atoms with Crippen LogP contribution in [0, 0.1) is 16.7 Å². The number of hydrogen-bond donors (Lipinski definition) is 0. The molecule has 0 bridgehead atoms. The molecule has 1 saturated carbocycles. The summed E-state index contributed by atoms with van der Waals surface area (Å²) in [6, 6.07) is 0. The van der Waals surface area contributed by atoms with E-state index in [-0.39, 0.29) is 0 Å². The zero-order chi connectivity index (χ0) is 12.9. The van der Waals surface area contributed by atoms with Crippen molar-refractivity contribution in [3.05, 3.63) is 12.8 Å². The van der Waals surface area contributed by atoms with E-state index >= 15 is 0 Å². The maximum Gasteiger partial charge on any atom is 0.0873 e. The van der Waals surface area contributed by atoms with Gasteiger partial charge in [-0.15, -0.1) is 0 Å². The van der Waals surface area contributed by atoms with Crippen molar-refractivity contribution in [2.75, 3.05) is 6.61 Å². The topological polar surface area (TPSA) is 9.23 Å². The lowest BCUT2D eigenvalue weighted by molar-refractivity contribution is 0.0417. The molecule has 0 aromatic carbocycles. The molecule has 0 saturated heterocycles. The van der Waals surface area contributed by atoms with Gasteiger partial charge in [0.15, 0.2) is 0 Å². The molecule has 0 radical (unpaired) electrons. The largest absolute Gasteiger partial charge is 0.502 e. The summed E-state index contributed by atoms with van der Waals surface area (Å²) in [5, 5.41) is 0. The van der Waals surface area contributed by atoms with Crippen LogP contribution in [0.5, 0.6) is 0 Å². The van der Waals surface area contributed by atoms with Crippen molar-refractivity contribution in [3.63, 3.8) is 0 Å². The van der Waals surface area contributed by atoms with Crippen molar-refractivity contribution < 1.29 is 4.74 Å². The Morgan fingerprint density at radius 2 is 2.00 bits per heavy atom. The van der Waals surface area contributed by atoms with Gasteiger partial charge in [-0.25, -0.2) is 0 Å². The van der Waals surface area contributed by atoms with E-state index in [4.69, 9.17) is 4.74 Å². The molecule has 0 amide bonds. The second kappa shape index (κ2) is 5.93. The third kappa shape index (κ3) is 3.05. The summed E-state index contributed by atoms with van der Waals surface area (Å²) in [7, 11) is 0. The van der Waals surface area contributed by atoms with E-state index in [1.54, 1.807) is 6.26 Å². The van der Waals surface area contributed by atoms with E-state index in [0.29, 0.717) is 10.8 Å². The van der Waals surface area contributed by atoms with Crippen LogP contribution in [0.2, 0.25) is 0 Å². The van der Waals surface area contributed by atoms with Crippen LogP contribution in [-0.2, 0) is 4.74 Å². The molecule has 1 aliphatic carbocycles. The molecular weight excluding hydrogens is 208 g/mol. The van der Waals surface area contributed by atoms with Crippen LogP contribution in [-0.4, -0.2) is 6.61 Å². The van der Waals surface area contributed by atoms with Crippen molar-refractivity contribution in [2.24, 2.45) is 16.7 Å². The second-order valence-electron chi connectivity index (χ2n) is 6.44. The number of rotatable bonds is 7. The molecular formula is C16H30O. The number of hydrogen-bond acceptors (Lipinski definition) is 1. The lowest BCUT2D eigenvalue weighted by Crippen LogP contribution is -2.37. The first-order chi connectivity index (χ1) is 7.98. The summed E-state index contributed by atoms with van der Waals surface area (Å²) in [6.45, 7) is 14.2. The summed E-state index contributed by atoms with van der Waals surface area (Å²) in [5.74, 6) is 0.841. The molecule has 1 fully saturated rings. The Morgan fingerprint density at radius 3 is 2.47 bits per heavy atom. The quantitative estimate of drug-likeness (QED) is 0.439. The van der Waals surface area contributed by atoms with E-state index in [2.05, 4.69) is 34.3 Å². The summed E-state index contributed by atoms with van der Waals surface area (Å²) >= 11 is 0. The van der Waals surface area contributed by atoms with E-state index in [1.165, 1.54) is 32.1 Å². The SMILES string of the molecule is C=COCCCC(CC)C1(C)CCCC1(C)C. The molecule has 1 aliphatic rings. The summed E-state index contributed by atoms with van der Waals surface area (Å²) < 4.78 is 5.24. The fraction of sp³-hybridized carbons (Fsp3) is 0.875. The van der Waals surface area contributed by atoms with E-state index < -0.39 is 0 Å². The fourth-order valence-corrected chi connectivity index (χ4v) is 3.75. The van der Waals surface area contributed by atoms with Gasteiger partial charge in [-0.3, -0.25) is 0 Å². The highest BCUT2D eigenvalue weighted by Crippen LogP contribution is 2.58. The van der Waals surface area contributed by atoms with Crippen LogP contribution in [0.1, 0.15) is 66.2 Å². The van der Waals surface area contributed by atoms with Crippen molar-refractivity contribution in [2.45, 2.75) is 66.2 Å². The van der Waals surface area contributed by atoms with Gasteiger partial charge < -0.3 is 4.74 Å². The van der Waals surface area contributed by atoms with Gasteiger partial charge >= 0.3 is 0 Å². The van der Waals surface area contributed by atoms with E-state index in [1.807, 2.05) is 0 Å². The highest BCUT2D eigenvalue weighted by Gasteiger charge is 2.48. The van der Waals surface area contributed by atoms with Crippen molar-refractivity contribution in [1.29, 1.82) is 0 Å². The Labute approximate surface area is 108 Å². The predicted molar refractivity (Wildman–Crippen MR) is 74.9 cm³/mol. The monoisotopic (exact) mass is 238 g/mol. The lowest BCUT2D eigenvalue weighted by atomic mass is 9.60. The molecule has 0 aromatic rings. The third-order valence-electron chi connectivity index (χ3n) is 5.37. The van der Waals surface area contributed by atoms with Crippen LogP contribution < -0.4 is 0 Å². The Balaban J connectivity index is 2.56. The zero-order valence-corrected chi connectivity index (χ0v) is 12.2. The molecule has 100 valence electrons. The van der Waals surface area contributed by atoms with Crippen molar-refractivity contribution in [3.8, 4) is 0 Å². The normalized spacial score (nSPS) is 28.9. The minimum atomic E-state index is 0.507. The highest BCUT2D eigenvalue weighted by molar-refractivity contribution is 4.98.